The molecule has 3 aromatic heterocycles. The lowest BCUT2D eigenvalue weighted by atomic mass is 9.91. The van der Waals surface area contributed by atoms with Gasteiger partial charge in [0, 0.05) is 18.8 Å². The topological polar surface area (TPSA) is 104 Å². The number of rotatable bonds is 4. The molecule has 1 N–H and O–H groups in total. The summed E-state index contributed by atoms with van der Waals surface area (Å²) in [4.78, 5) is 42.8. The number of ether oxygens (including phenoxy) is 1. The smallest absolute Gasteiger partial charge is 0.417 e. The molecule has 13 heteroatoms. The second-order valence-corrected chi connectivity index (χ2v) is 9.25. The highest BCUT2D eigenvalue weighted by Crippen LogP contribution is 2.56. The Balaban J connectivity index is 1.27. The monoisotopic (exact) mass is 490 g/mol. The van der Waals surface area contributed by atoms with E-state index in [0.717, 1.165) is 28.3 Å². The zero-order chi connectivity index (χ0) is 24.6. The molecule has 1 saturated heterocycles. The van der Waals surface area contributed by atoms with Crippen molar-refractivity contribution in [2.24, 2.45) is 0 Å². The first-order valence-corrected chi connectivity index (χ1v) is 10.9. The van der Waals surface area contributed by atoms with Gasteiger partial charge < -0.3 is 9.72 Å². The van der Waals surface area contributed by atoms with Gasteiger partial charge in [-0.1, -0.05) is 0 Å². The highest BCUT2D eigenvalue weighted by Gasteiger charge is 2.63. The Morgan fingerprint density at radius 3 is 2.60 bits per heavy atom. The van der Waals surface area contributed by atoms with Crippen LogP contribution in [0.5, 0.6) is 5.88 Å². The number of amides is 3. The molecule has 1 aliphatic heterocycles. The lowest BCUT2D eigenvalue weighted by Gasteiger charge is -2.34. The van der Waals surface area contributed by atoms with E-state index < -0.39 is 40.6 Å². The number of anilines is 1. The summed E-state index contributed by atoms with van der Waals surface area (Å²) >= 11 is 0. The summed E-state index contributed by atoms with van der Waals surface area (Å²) in [6, 6.07) is 0.122. The van der Waals surface area contributed by atoms with Gasteiger partial charge in [0.1, 0.15) is 29.5 Å². The molecule has 0 atom stereocenters. The maximum absolute atomic E-state index is 14.3. The molecule has 3 aromatic rings. The van der Waals surface area contributed by atoms with E-state index in [1.54, 1.807) is 0 Å². The first kappa shape index (κ1) is 21.7. The lowest BCUT2D eigenvalue weighted by molar-refractivity contribution is -0.137. The number of aromatic nitrogens is 4. The number of H-pyrrole nitrogens is 1. The van der Waals surface area contributed by atoms with Gasteiger partial charge in [0.2, 0.25) is 5.88 Å². The molecule has 0 unspecified atom stereocenters. The van der Waals surface area contributed by atoms with Crippen molar-refractivity contribution in [3.05, 3.63) is 42.4 Å². The Bertz CT molecular complexity index is 1360. The molecule has 9 nitrogen and oxygen atoms in total. The molecule has 2 saturated carbocycles. The van der Waals surface area contributed by atoms with Crippen molar-refractivity contribution in [1.29, 1.82) is 0 Å². The van der Waals surface area contributed by atoms with Crippen molar-refractivity contribution in [3.63, 3.8) is 0 Å². The van der Waals surface area contributed by atoms with E-state index in [4.69, 9.17) is 4.74 Å². The van der Waals surface area contributed by atoms with Gasteiger partial charge in [-0.15, -0.1) is 0 Å². The molecule has 6 rings (SSSR count). The summed E-state index contributed by atoms with van der Waals surface area (Å²) in [7, 11) is 0. The van der Waals surface area contributed by atoms with Crippen LogP contribution in [0.15, 0.2) is 31.0 Å². The molecule has 4 heterocycles. The number of aromatic amines is 1. The zero-order valence-electron chi connectivity index (χ0n) is 18.1. The van der Waals surface area contributed by atoms with E-state index in [1.165, 1.54) is 6.33 Å². The summed E-state index contributed by atoms with van der Waals surface area (Å²) in [5.74, 6) is -0.960. The molecular formula is C22H18F4N6O3. The van der Waals surface area contributed by atoms with Crippen molar-refractivity contribution in [1.82, 2.24) is 24.8 Å². The number of hydrogen-bond donors (Lipinski definition) is 1. The molecule has 2 aliphatic carbocycles. The Morgan fingerprint density at radius 1 is 1.09 bits per heavy atom. The van der Waals surface area contributed by atoms with Crippen LogP contribution in [0.25, 0.3) is 11.0 Å². The Labute approximate surface area is 195 Å². The largest absolute Gasteiger partial charge is 0.470 e. The quantitative estimate of drug-likeness (QED) is 0.441. The van der Waals surface area contributed by atoms with Crippen molar-refractivity contribution in [2.75, 3.05) is 11.4 Å². The van der Waals surface area contributed by atoms with Crippen LogP contribution in [0.2, 0.25) is 0 Å². The van der Waals surface area contributed by atoms with Gasteiger partial charge in [-0.3, -0.25) is 19.6 Å². The predicted octanol–water partition coefficient (Wildman–Crippen LogP) is 3.81. The van der Waals surface area contributed by atoms with Crippen LogP contribution >= 0.6 is 0 Å². The fraction of sp³-hybridized carbons (Fsp3) is 0.409. The van der Waals surface area contributed by atoms with Gasteiger partial charge in [-0.25, -0.2) is 19.2 Å². The third-order valence-corrected chi connectivity index (χ3v) is 7.25. The number of pyridine rings is 1. The Morgan fingerprint density at radius 2 is 1.86 bits per heavy atom. The Hall–Kier alpha value is -3.77. The van der Waals surface area contributed by atoms with Crippen LogP contribution < -0.4 is 9.64 Å². The number of imide groups is 1. The van der Waals surface area contributed by atoms with Gasteiger partial charge >= 0.3 is 12.2 Å². The number of carbonyl (C=O) groups is 2. The minimum absolute atomic E-state index is 0.0854. The number of hydrogen-bond acceptors (Lipinski definition) is 6. The number of carbonyl (C=O) groups excluding carboxylic acids is 2. The van der Waals surface area contributed by atoms with Crippen LogP contribution in [0, 0.1) is 5.82 Å². The van der Waals surface area contributed by atoms with Crippen molar-refractivity contribution < 1.29 is 31.9 Å². The van der Waals surface area contributed by atoms with Gasteiger partial charge in [0.25, 0.3) is 5.91 Å². The molecule has 3 aliphatic rings. The third-order valence-electron chi connectivity index (χ3n) is 7.25. The van der Waals surface area contributed by atoms with Crippen LogP contribution in [-0.2, 0) is 11.0 Å². The molecule has 182 valence electrons. The van der Waals surface area contributed by atoms with Gasteiger partial charge in [-0.05, 0) is 31.7 Å². The van der Waals surface area contributed by atoms with Gasteiger partial charge in [-0.2, -0.15) is 13.2 Å². The number of nitrogens with one attached hydrogen (secondary N) is 1. The number of alkyl halides is 3. The highest BCUT2D eigenvalue weighted by molar-refractivity contribution is 6.12. The number of fused-ring (bicyclic) bond motifs is 3. The molecule has 0 aromatic carbocycles. The molecule has 2 bridgehead atoms. The maximum Gasteiger partial charge on any atom is 0.417 e. The number of halogens is 4. The van der Waals surface area contributed by atoms with Crippen LogP contribution in [0.1, 0.15) is 37.7 Å². The van der Waals surface area contributed by atoms with Crippen molar-refractivity contribution >= 4 is 28.7 Å². The number of nitrogens with zero attached hydrogens (tertiary/aromatic N) is 5. The minimum atomic E-state index is -4.63. The zero-order valence-corrected chi connectivity index (χ0v) is 18.1. The van der Waals surface area contributed by atoms with Crippen molar-refractivity contribution in [3.8, 4) is 5.88 Å². The first-order valence-electron chi connectivity index (χ1n) is 10.9. The van der Waals surface area contributed by atoms with Gasteiger partial charge in [0.05, 0.1) is 23.0 Å². The summed E-state index contributed by atoms with van der Waals surface area (Å²) in [6.07, 6.45) is 1.85. The van der Waals surface area contributed by atoms with E-state index in [0.29, 0.717) is 43.9 Å². The number of urea groups is 1. The summed E-state index contributed by atoms with van der Waals surface area (Å²) in [6.45, 7) is -0.376. The summed E-state index contributed by atoms with van der Waals surface area (Å²) in [5, 5.41) is 0.128. The third kappa shape index (κ3) is 3.24. The average Bonchev–Trinajstić information content (AvgIpc) is 3.55. The van der Waals surface area contributed by atoms with E-state index >= 15 is 0 Å². The fourth-order valence-corrected chi connectivity index (χ4v) is 5.65. The van der Waals surface area contributed by atoms with E-state index in [-0.39, 0.29) is 23.5 Å². The maximum atomic E-state index is 14.3. The molecule has 3 amide bonds. The second kappa shape index (κ2) is 7.12. The molecule has 35 heavy (non-hydrogen) atoms. The van der Waals surface area contributed by atoms with Crippen LogP contribution in [0.4, 0.5) is 28.0 Å². The molecular weight excluding hydrogens is 472 g/mol. The highest BCUT2D eigenvalue weighted by atomic mass is 19.4. The van der Waals surface area contributed by atoms with E-state index in [1.807, 2.05) is 0 Å². The normalized spacial score (nSPS) is 26.4. The van der Waals surface area contributed by atoms with Crippen LogP contribution in [-0.4, -0.2) is 54.5 Å². The molecule has 0 spiro atoms. The van der Waals surface area contributed by atoms with E-state index in [9.17, 15) is 27.2 Å². The molecule has 0 radical (unpaired) electrons. The minimum Gasteiger partial charge on any atom is -0.470 e. The van der Waals surface area contributed by atoms with Crippen molar-refractivity contribution in [2.45, 2.75) is 49.4 Å². The van der Waals surface area contributed by atoms with Crippen LogP contribution in [0.3, 0.4) is 0 Å². The second-order valence-electron chi connectivity index (χ2n) is 9.25. The average molecular weight is 490 g/mol. The Kier molecular flexibility index (Phi) is 4.42. The standard InChI is InChI=1S/C22H18F4N6O3/c23-14-8-28-17-16(14)18(30-11-29-17)35-21-3-1-20(10-21,2-4-21)32-15(33)9-31(19(32)34)13-5-12(6-27-7-13)22(24,25)26/h5-8,11H,1-4,9-10H2,(H,28,29,30). The lowest BCUT2D eigenvalue weighted by Crippen LogP contribution is -2.49. The predicted molar refractivity (Wildman–Crippen MR) is 112 cm³/mol. The fourth-order valence-electron chi connectivity index (χ4n) is 5.65. The summed E-state index contributed by atoms with van der Waals surface area (Å²) in [5.41, 5.74) is -2.39. The summed E-state index contributed by atoms with van der Waals surface area (Å²) < 4.78 is 59.9. The first-order chi connectivity index (χ1) is 16.6. The van der Waals surface area contributed by atoms with E-state index in [2.05, 4.69) is 19.9 Å². The SMILES string of the molecule is O=C1CN(c2cncc(C(F)(F)F)c2)C(=O)N1C12CCC(Oc3ncnc4[nH]cc(F)c34)(CC1)C2. The molecule has 3 fully saturated rings. The van der Waals surface area contributed by atoms with Gasteiger partial charge in [0.15, 0.2) is 5.82 Å².